The molecule has 0 spiro atoms. The minimum absolute atomic E-state index is 0.225. The van der Waals surface area contributed by atoms with Crippen LogP contribution in [0.5, 0.6) is 0 Å². The molecule has 110 valence electrons. The van der Waals surface area contributed by atoms with Gasteiger partial charge in [0.05, 0.1) is 6.04 Å². The Kier molecular flexibility index (Phi) is 5.43. The molecule has 2 aliphatic carbocycles. The number of hydrazine groups is 1. The standard InChI is InChI=1S/C16H31N3/c1-19(2)16(12-8-5-9-13-16)15(18-17)14-10-6-3-4-7-11-14/h10,15,18H,3-9,11-13,17H2,1-2H3. The van der Waals surface area contributed by atoms with Crippen LogP contribution >= 0.6 is 0 Å². The van der Waals surface area contributed by atoms with E-state index in [2.05, 4.69) is 30.5 Å². The normalized spacial score (nSPS) is 25.8. The highest BCUT2D eigenvalue weighted by molar-refractivity contribution is 5.20. The van der Waals surface area contributed by atoms with Gasteiger partial charge >= 0.3 is 0 Å². The number of rotatable bonds is 4. The average Bonchev–Trinajstić information content (AvgIpc) is 2.69. The van der Waals surface area contributed by atoms with Crippen LogP contribution in [-0.4, -0.2) is 30.6 Å². The second-order valence-corrected chi connectivity index (χ2v) is 6.54. The molecule has 0 heterocycles. The van der Waals surface area contributed by atoms with Gasteiger partial charge in [0.15, 0.2) is 0 Å². The van der Waals surface area contributed by atoms with Crippen molar-refractivity contribution >= 4 is 0 Å². The van der Waals surface area contributed by atoms with Crippen molar-refractivity contribution in [2.75, 3.05) is 14.1 Å². The van der Waals surface area contributed by atoms with Gasteiger partial charge in [-0.3, -0.25) is 11.3 Å². The van der Waals surface area contributed by atoms with Crippen molar-refractivity contribution < 1.29 is 0 Å². The molecule has 0 saturated heterocycles. The fraction of sp³-hybridized carbons (Fsp3) is 0.875. The largest absolute Gasteiger partial charge is 0.302 e. The Morgan fingerprint density at radius 2 is 1.79 bits per heavy atom. The van der Waals surface area contributed by atoms with Crippen LogP contribution in [0.2, 0.25) is 0 Å². The zero-order valence-electron chi connectivity index (χ0n) is 12.8. The number of hydrogen-bond acceptors (Lipinski definition) is 3. The lowest BCUT2D eigenvalue weighted by molar-refractivity contribution is 0.0685. The van der Waals surface area contributed by atoms with E-state index < -0.39 is 0 Å². The highest BCUT2D eigenvalue weighted by Gasteiger charge is 2.42. The molecular formula is C16H31N3. The fourth-order valence-corrected chi connectivity index (χ4v) is 4.07. The van der Waals surface area contributed by atoms with E-state index >= 15 is 0 Å². The van der Waals surface area contributed by atoms with Crippen molar-refractivity contribution in [3.63, 3.8) is 0 Å². The zero-order valence-corrected chi connectivity index (χ0v) is 12.8. The van der Waals surface area contributed by atoms with E-state index in [1.165, 1.54) is 64.2 Å². The quantitative estimate of drug-likeness (QED) is 0.466. The molecule has 0 aromatic rings. The molecule has 2 rings (SSSR count). The first-order valence-electron chi connectivity index (χ1n) is 8.03. The summed E-state index contributed by atoms with van der Waals surface area (Å²) in [7, 11) is 4.46. The van der Waals surface area contributed by atoms with Gasteiger partial charge in [-0.2, -0.15) is 0 Å². The lowest BCUT2D eigenvalue weighted by Crippen LogP contribution is -2.62. The summed E-state index contributed by atoms with van der Waals surface area (Å²) >= 11 is 0. The Morgan fingerprint density at radius 3 is 2.42 bits per heavy atom. The third-order valence-electron chi connectivity index (χ3n) is 5.26. The number of allylic oxidation sites excluding steroid dienone is 1. The summed E-state index contributed by atoms with van der Waals surface area (Å²) in [4.78, 5) is 2.43. The van der Waals surface area contributed by atoms with E-state index in [0.717, 1.165) is 0 Å². The number of nitrogens with two attached hydrogens (primary N) is 1. The maximum Gasteiger partial charge on any atom is 0.0603 e. The van der Waals surface area contributed by atoms with E-state index in [9.17, 15) is 0 Å². The van der Waals surface area contributed by atoms with Gasteiger partial charge in [-0.1, -0.05) is 37.3 Å². The van der Waals surface area contributed by atoms with E-state index in [1.54, 1.807) is 5.57 Å². The first-order chi connectivity index (χ1) is 9.20. The first-order valence-corrected chi connectivity index (χ1v) is 8.03. The van der Waals surface area contributed by atoms with Crippen LogP contribution in [-0.2, 0) is 0 Å². The molecule has 0 aromatic carbocycles. The van der Waals surface area contributed by atoms with E-state index in [0.29, 0.717) is 6.04 Å². The van der Waals surface area contributed by atoms with Crippen molar-refractivity contribution in [3.8, 4) is 0 Å². The van der Waals surface area contributed by atoms with Crippen LogP contribution in [0.3, 0.4) is 0 Å². The van der Waals surface area contributed by atoms with Crippen LogP contribution in [0, 0.1) is 0 Å². The Labute approximate surface area is 118 Å². The second-order valence-electron chi connectivity index (χ2n) is 6.54. The Morgan fingerprint density at radius 1 is 1.11 bits per heavy atom. The molecular weight excluding hydrogens is 234 g/mol. The fourth-order valence-electron chi connectivity index (χ4n) is 4.07. The Hall–Kier alpha value is -0.380. The molecule has 0 bridgehead atoms. The highest BCUT2D eigenvalue weighted by Crippen LogP contribution is 2.39. The molecule has 0 amide bonds. The Balaban J connectivity index is 2.23. The van der Waals surface area contributed by atoms with Gasteiger partial charge in [-0.15, -0.1) is 0 Å². The predicted octanol–water partition coefficient (Wildman–Crippen LogP) is 2.97. The van der Waals surface area contributed by atoms with Crippen LogP contribution in [0.15, 0.2) is 11.6 Å². The van der Waals surface area contributed by atoms with Crippen LogP contribution in [0.25, 0.3) is 0 Å². The topological polar surface area (TPSA) is 41.3 Å². The number of nitrogens with one attached hydrogen (secondary N) is 1. The van der Waals surface area contributed by atoms with Crippen LogP contribution < -0.4 is 11.3 Å². The van der Waals surface area contributed by atoms with Gasteiger partial charge in [0.1, 0.15) is 0 Å². The maximum absolute atomic E-state index is 5.99. The summed E-state index contributed by atoms with van der Waals surface area (Å²) in [6.07, 6.45) is 15.6. The molecule has 0 radical (unpaired) electrons. The molecule has 1 saturated carbocycles. The van der Waals surface area contributed by atoms with E-state index in [1.807, 2.05) is 0 Å². The van der Waals surface area contributed by atoms with Crippen molar-refractivity contribution in [1.82, 2.24) is 10.3 Å². The third kappa shape index (κ3) is 3.21. The van der Waals surface area contributed by atoms with E-state index in [-0.39, 0.29) is 5.54 Å². The summed E-state index contributed by atoms with van der Waals surface area (Å²) in [5.41, 5.74) is 4.97. The summed E-state index contributed by atoms with van der Waals surface area (Å²) in [6.45, 7) is 0. The second kappa shape index (κ2) is 6.87. The van der Waals surface area contributed by atoms with Crippen LogP contribution in [0.4, 0.5) is 0 Å². The summed E-state index contributed by atoms with van der Waals surface area (Å²) in [5.74, 6) is 5.99. The van der Waals surface area contributed by atoms with Gasteiger partial charge in [0, 0.05) is 5.54 Å². The number of likely N-dealkylation sites (N-methyl/N-ethyl adjacent to an activating group) is 1. The molecule has 3 heteroatoms. The van der Waals surface area contributed by atoms with Crippen molar-refractivity contribution in [2.24, 2.45) is 5.84 Å². The van der Waals surface area contributed by atoms with Gasteiger partial charge in [-0.25, -0.2) is 0 Å². The monoisotopic (exact) mass is 265 g/mol. The van der Waals surface area contributed by atoms with E-state index in [4.69, 9.17) is 5.84 Å². The molecule has 0 aliphatic heterocycles. The lowest BCUT2D eigenvalue weighted by Gasteiger charge is -2.49. The molecule has 0 aromatic heterocycles. The van der Waals surface area contributed by atoms with Crippen molar-refractivity contribution in [2.45, 2.75) is 75.8 Å². The number of hydrogen-bond donors (Lipinski definition) is 2. The minimum atomic E-state index is 0.225. The van der Waals surface area contributed by atoms with Gasteiger partial charge in [0.25, 0.3) is 0 Å². The zero-order chi connectivity index (χ0) is 13.7. The van der Waals surface area contributed by atoms with Crippen molar-refractivity contribution in [1.29, 1.82) is 0 Å². The highest BCUT2D eigenvalue weighted by atomic mass is 15.3. The molecule has 19 heavy (non-hydrogen) atoms. The molecule has 1 unspecified atom stereocenters. The molecule has 3 N–H and O–H groups in total. The van der Waals surface area contributed by atoms with Gasteiger partial charge in [0.2, 0.25) is 0 Å². The molecule has 2 aliphatic rings. The lowest BCUT2D eigenvalue weighted by atomic mass is 9.72. The summed E-state index contributed by atoms with van der Waals surface area (Å²) in [5, 5.41) is 0. The smallest absolute Gasteiger partial charge is 0.0603 e. The van der Waals surface area contributed by atoms with Crippen LogP contribution in [0.1, 0.15) is 64.2 Å². The summed E-state index contributed by atoms with van der Waals surface area (Å²) in [6, 6.07) is 0.334. The molecule has 1 atom stereocenters. The number of nitrogens with zero attached hydrogens (tertiary/aromatic N) is 1. The SMILES string of the molecule is CN(C)C1(C(NN)C2=CCCCCC2)CCCCC1. The Bertz CT molecular complexity index is 303. The first kappa shape index (κ1) is 15.0. The minimum Gasteiger partial charge on any atom is -0.302 e. The van der Waals surface area contributed by atoms with Gasteiger partial charge in [-0.05, 0) is 52.6 Å². The summed E-state index contributed by atoms with van der Waals surface area (Å²) < 4.78 is 0. The molecule has 1 fully saturated rings. The third-order valence-corrected chi connectivity index (χ3v) is 5.26. The van der Waals surface area contributed by atoms with Crippen molar-refractivity contribution in [3.05, 3.63) is 11.6 Å². The average molecular weight is 265 g/mol. The maximum atomic E-state index is 5.99. The molecule has 3 nitrogen and oxygen atoms in total. The van der Waals surface area contributed by atoms with Gasteiger partial charge < -0.3 is 4.90 Å². The predicted molar refractivity (Wildman–Crippen MR) is 81.8 cm³/mol.